The van der Waals surface area contributed by atoms with Gasteiger partial charge in [-0.1, -0.05) is 0 Å². The molecule has 3 aromatic heterocycles. The summed E-state index contributed by atoms with van der Waals surface area (Å²) in [5.74, 6) is 1.78. The number of halogens is 1. The first-order valence-electron chi connectivity index (χ1n) is 9.40. The number of hydrogen-bond donors (Lipinski definition) is 2. The Morgan fingerprint density at radius 3 is 3.18 bits per heavy atom. The van der Waals surface area contributed by atoms with E-state index in [0.717, 1.165) is 53.1 Å². The zero-order chi connectivity index (χ0) is 19.5. The molecule has 1 fully saturated rings. The number of nitrogens with one attached hydrogen (secondary N) is 1. The summed E-state index contributed by atoms with van der Waals surface area (Å²) in [7, 11) is 1.63. The number of aliphatic hydroxyl groups is 1. The minimum absolute atomic E-state index is 0.193. The Morgan fingerprint density at radius 1 is 1.46 bits per heavy atom. The van der Waals surface area contributed by atoms with Crippen LogP contribution >= 0.6 is 15.9 Å². The van der Waals surface area contributed by atoms with Gasteiger partial charge in [0.05, 0.1) is 10.7 Å². The maximum atomic E-state index is 9.39. The third kappa shape index (κ3) is 3.77. The first-order chi connectivity index (χ1) is 13.7. The van der Waals surface area contributed by atoms with Crippen molar-refractivity contribution in [1.29, 1.82) is 0 Å². The monoisotopic (exact) mass is 447 g/mol. The van der Waals surface area contributed by atoms with E-state index >= 15 is 0 Å². The molecule has 0 aliphatic carbocycles. The number of anilines is 2. The largest absolute Gasteiger partial charge is 0.396 e. The Labute approximate surface area is 171 Å². The van der Waals surface area contributed by atoms with Crippen molar-refractivity contribution >= 4 is 33.2 Å². The fraction of sp³-hybridized carbons (Fsp3) is 0.421. The van der Waals surface area contributed by atoms with E-state index in [1.165, 1.54) is 0 Å². The quantitative estimate of drug-likeness (QED) is 0.537. The van der Waals surface area contributed by atoms with Crippen LogP contribution < -0.4 is 19.8 Å². The lowest BCUT2D eigenvalue weighted by molar-refractivity contribution is -0.885. The van der Waals surface area contributed by atoms with Crippen LogP contribution in [0.3, 0.4) is 0 Å². The molecule has 3 aromatic rings. The highest BCUT2D eigenvalue weighted by atomic mass is 79.9. The van der Waals surface area contributed by atoms with Gasteiger partial charge in [-0.15, -0.1) is 0 Å². The van der Waals surface area contributed by atoms with E-state index in [-0.39, 0.29) is 6.61 Å². The van der Waals surface area contributed by atoms with Crippen molar-refractivity contribution < 1.29 is 14.7 Å². The van der Waals surface area contributed by atoms with Crippen LogP contribution in [0.25, 0.3) is 5.65 Å². The zero-order valence-electron chi connectivity index (χ0n) is 15.8. The highest BCUT2D eigenvalue weighted by molar-refractivity contribution is 9.10. The minimum atomic E-state index is 0.193. The maximum Gasteiger partial charge on any atom is 0.227 e. The van der Waals surface area contributed by atoms with E-state index in [1.807, 2.05) is 30.6 Å². The lowest BCUT2D eigenvalue weighted by atomic mass is 10.1. The van der Waals surface area contributed by atoms with Gasteiger partial charge in [-0.05, 0) is 41.3 Å². The van der Waals surface area contributed by atoms with Crippen molar-refractivity contribution in [3.63, 3.8) is 0 Å². The molecule has 2 N–H and O–H groups in total. The number of fused-ring (bicyclic) bond motifs is 1. The van der Waals surface area contributed by atoms with Crippen molar-refractivity contribution in [1.82, 2.24) is 14.6 Å². The minimum Gasteiger partial charge on any atom is -0.396 e. The van der Waals surface area contributed by atoms with E-state index in [2.05, 4.69) is 31.2 Å². The summed E-state index contributed by atoms with van der Waals surface area (Å²) < 4.78 is 4.32. The Bertz CT molecular complexity index is 963. The zero-order valence-corrected chi connectivity index (χ0v) is 17.3. The first kappa shape index (κ1) is 18.9. The lowest BCUT2D eigenvalue weighted by Gasteiger charge is -2.26. The molecule has 0 bridgehead atoms. The smallest absolute Gasteiger partial charge is 0.227 e. The molecular formula is C19H24BrN6O2+. The second-order valence-electron chi connectivity index (χ2n) is 6.84. The summed E-state index contributed by atoms with van der Waals surface area (Å²) in [5.41, 5.74) is 1.86. The van der Waals surface area contributed by atoms with Crippen LogP contribution in [0, 0.1) is 0 Å². The third-order valence-electron chi connectivity index (χ3n) is 5.07. The van der Waals surface area contributed by atoms with Crippen LogP contribution in [0.15, 0.2) is 41.3 Å². The van der Waals surface area contributed by atoms with Crippen molar-refractivity contribution in [2.24, 2.45) is 0 Å². The average molecular weight is 448 g/mol. The van der Waals surface area contributed by atoms with Crippen LogP contribution in [-0.2, 0) is 6.54 Å². The van der Waals surface area contributed by atoms with Gasteiger partial charge < -0.3 is 15.3 Å². The van der Waals surface area contributed by atoms with Crippen LogP contribution in [0.4, 0.5) is 11.6 Å². The molecule has 1 aliphatic rings. The predicted molar refractivity (Wildman–Crippen MR) is 109 cm³/mol. The molecule has 1 atom stereocenters. The van der Waals surface area contributed by atoms with E-state index < -0.39 is 0 Å². The number of aliphatic hydroxyl groups excluding tert-OH is 1. The Kier molecular flexibility index (Phi) is 5.63. The van der Waals surface area contributed by atoms with E-state index in [9.17, 15) is 5.11 Å². The molecule has 1 aliphatic heterocycles. The van der Waals surface area contributed by atoms with Crippen LogP contribution in [0.5, 0.6) is 0 Å². The Morgan fingerprint density at radius 2 is 2.36 bits per heavy atom. The predicted octanol–water partition coefficient (Wildman–Crippen LogP) is 1.80. The fourth-order valence-corrected chi connectivity index (χ4v) is 4.04. The van der Waals surface area contributed by atoms with E-state index in [4.69, 9.17) is 9.82 Å². The number of pyridine rings is 1. The van der Waals surface area contributed by atoms with Crippen LogP contribution in [0.1, 0.15) is 24.8 Å². The molecule has 28 heavy (non-hydrogen) atoms. The average Bonchev–Trinajstić information content (AvgIpc) is 3.33. The number of rotatable bonds is 7. The number of nitrogens with zero attached hydrogens (tertiary/aromatic N) is 5. The maximum absolute atomic E-state index is 9.39. The van der Waals surface area contributed by atoms with E-state index in [0.29, 0.717) is 12.6 Å². The summed E-state index contributed by atoms with van der Waals surface area (Å²) in [4.78, 5) is 12.3. The van der Waals surface area contributed by atoms with Gasteiger partial charge in [0.1, 0.15) is 18.7 Å². The van der Waals surface area contributed by atoms with Gasteiger partial charge in [0.2, 0.25) is 12.4 Å². The van der Waals surface area contributed by atoms with Crippen molar-refractivity contribution in [3.8, 4) is 0 Å². The van der Waals surface area contributed by atoms with Crippen molar-refractivity contribution in [3.05, 3.63) is 46.8 Å². The molecule has 0 aromatic carbocycles. The van der Waals surface area contributed by atoms with Gasteiger partial charge in [-0.2, -0.15) is 9.61 Å². The topological polar surface area (TPSA) is 78.8 Å². The number of aromatic nitrogens is 4. The molecule has 4 rings (SSSR count). The SMILES string of the molecule is CO[n+]1cccc(CNc2cc(N3CCC[C@H]3CCO)nc3c(Br)cnn23)c1. The van der Waals surface area contributed by atoms with Gasteiger partial charge in [0.15, 0.2) is 5.65 Å². The third-order valence-corrected chi connectivity index (χ3v) is 5.63. The fourth-order valence-electron chi connectivity index (χ4n) is 3.69. The lowest BCUT2D eigenvalue weighted by Crippen LogP contribution is -2.40. The Balaban J connectivity index is 1.65. The molecule has 0 amide bonds. The van der Waals surface area contributed by atoms with Gasteiger partial charge in [-0.25, -0.2) is 4.98 Å². The summed E-state index contributed by atoms with van der Waals surface area (Å²) in [6.07, 6.45) is 8.50. The summed E-state index contributed by atoms with van der Waals surface area (Å²) >= 11 is 3.55. The van der Waals surface area contributed by atoms with Gasteiger partial charge in [0, 0.05) is 48.2 Å². The molecule has 148 valence electrons. The van der Waals surface area contributed by atoms with E-state index in [1.54, 1.807) is 22.6 Å². The standard InChI is InChI=1S/C19H24BrN6O2/c1-28-24-7-2-4-14(13-24)11-21-17-10-18(23-19-16(20)12-22-26(17)19)25-8-3-5-15(25)6-9-27/h2,4,7,10,12-13,15,21,27H,3,5-6,8-9,11H2,1H3/q+1/t15-/m0/s1. The summed E-state index contributed by atoms with van der Waals surface area (Å²) in [6, 6.07) is 6.35. The molecule has 0 spiro atoms. The van der Waals surface area contributed by atoms with Gasteiger partial charge in [-0.3, -0.25) is 4.84 Å². The van der Waals surface area contributed by atoms with Crippen molar-refractivity contribution in [2.45, 2.75) is 31.8 Å². The normalized spacial score (nSPS) is 16.7. The summed E-state index contributed by atoms with van der Waals surface area (Å²) in [6.45, 7) is 1.77. The first-order valence-corrected chi connectivity index (χ1v) is 10.2. The molecule has 4 heterocycles. The molecule has 9 heteroatoms. The second-order valence-corrected chi connectivity index (χ2v) is 7.69. The highest BCUT2D eigenvalue weighted by Gasteiger charge is 2.26. The molecule has 1 saturated heterocycles. The highest BCUT2D eigenvalue weighted by Crippen LogP contribution is 2.30. The number of hydrogen-bond acceptors (Lipinski definition) is 6. The molecular weight excluding hydrogens is 424 g/mol. The Hall–Kier alpha value is -2.39. The molecule has 8 nitrogen and oxygen atoms in total. The molecule has 0 saturated carbocycles. The second kappa shape index (κ2) is 8.32. The van der Waals surface area contributed by atoms with Crippen LogP contribution in [-0.4, -0.2) is 46.0 Å². The van der Waals surface area contributed by atoms with Crippen molar-refractivity contribution in [2.75, 3.05) is 30.5 Å². The van der Waals surface area contributed by atoms with Gasteiger partial charge in [0.25, 0.3) is 0 Å². The molecule has 0 radical (unpaired) electrons. The molecule has 0 unspecified atom stereocenters. The summed E-state index contributed by atoms with van der Waals surface area (Å²) in [5, 5.41) is 17.3. The van der Waals surface area contributed by atoms with Crippen LogP contribution in [0.2, 0.25) is 0 Å². The van der Waals surface area contributed by atoms with Gasteiger partial charge >= 0.3 is 0 Å².